The van der Waals surface area contributed by atoms with Gasteiger partial charge in [0.1, 0.15) is 0 Å². The van der Waals surface area contributed by atoms with Crippen molar-refractivity contribution in [3.63, 3.8) is 0 Å². The first kappa shape index (κ1) is 19.1. The third kappa shape index (κ3) is 4.55. The van der Waals surface area contributed by atoms with Gasteiger partial charge in [0.05, 0.1) is 0 Å². The molecule has 0 aliphatic carbocycles. The number of carboxylic acids is 1. The second kappa shape index (κ2) is 7.92. The normalized spacial score (nSPS) is 20.2. The van der Waals surface area contributed by atoms with Crippen molar-refractivity contribution >= 4 is 11.9 Å². The largest absolute Gasteiger partial charge is 0.479 e. The van der Waals surface area contributed by atoms with Crippen molar-refractivity contribution in [3.8, 4) is 0 Å². The molecule has 1 aliphatic heterocycles. The molecule has 0 bridgehead atoms. The van der Waals surface area contributed by atoms with Gasteiger partial charge in [0.2, 0.25) is 0 Å². The van der Waals surface area contributed by atoms with Gasteiger partial charge in [-0.2, -0.15) is 0 Å². The van der Waals surface area contributed by atoms with E-state index < -0.39 is 11.5 Å². The molecule has 5 nitrogen and oxygen atoms in total. The molecule has 2 aromatic carbocycles. The van der Waals surface area contributed by atoms with Crippen LogP contribution in [0.4, 0.5) is 0 Å². The van der Waals surface area contributed by atoms with Crippen LogP contribution in [0.5, 0.6) is 0 Å². The number of hydrogen-bond donors (Lipinski definition) is 2. The van der Waals surface area contributed by atoms with Crippen LogP contribution in [0.15, 0.2) is 48.5 Å². The topological polar surface area (TPSA) is 69.6 Å². The number of rotatable bonds is 5. The lowest BCUT2D eigenvalue weighted by Crippen LogP contribution is -2.63. The van der Waals surface area contributed by atoms with Crippen molar-refractivity contribution < 1.29 is 14.7 Å². The van der Waals surface area contributed by atoms with Gasteiger partial charge in [0.15, 0.2) is 5.54 Å². The molecule has 0 radical (unpaired) electrons. The van der Waals surface area contributed by atoms with Gasteiger partial charge in [-0.25, -0.2) is 4.79 Å². The Bertz CT molecular complexity index is 814. The van der Waals surface area contributed by atoms with Crippen LogP contribution in [-0.4, -0.2) is 40.5 Å². The molecule has 3 rings (SSSR count). The van der Waals surface area contributed by atoms with Crippen LogP contribution in [-0.2, 0) is 11.3 Å². The maximum Gasteiger partial charge on any atom is 0.330 e. The van der Waals surface area contributed by atoms with Gasteiger partial charge in [-0.15, -0.1) is 0 Å². The predicted octanol–water partition coefficient (Wildman–Crippen LogP) is 3.15. The number of carbonyl (C=O) groups is 2. The van der Waals surface area contributed by atoms with E-state index in [9.17, 15) is 14.7 Å². The molecule has 1 saturated heterocycles. The summed E-state index contributed by atoms with van der Waals surface area (Å²) in [6.45, 7) is 5.66. The molecule has 0 saturated carbocycles. The quantitative estimate of drug-likeness (QED) is 0.853. The molecule has 2 N–H and O–H groups in total. The summed E-state index contributed by atoms with van der Waals surface area (Å²) < 4.78 is 0. The Labute approximate surface area is 160 Å². The van der Waals surface area contributed by atoms with Crippen LogP contribution in [0.25, 0.3) is 0 Å². The Kier molecular flexibility index (Phi) is 5.61. The second-order valence-electron chi connectivity index (χ2n) is 7.52. The molecular weight excluding hydrogens is 340 g/mol. The molecule has 1 atom stereocenters. The van der Waals surface area contributed by atoms with Crippen molar-refractivity contribution in [2.45, 2.75) is 38.8 Å². The van der Waals surface area contributed by atoms with Gasteiger partial charge < -0.3 is 10.4 Å². The lowest BCUT2D eigenvalue weighted by molar-refractivity contribution is -0.147. The van der Waals surface area contributed by atoms with Crippen LogP contribution >= 0.6 is 0 Å². The zero-order chi connectivity index (χ0) is 19.4. The molecule has 5 heteroatoms. The monoisotopic (exact) mass is 366 g/mol. The van der Waals surface area contributed by atoms with Crippen LogP contribution < -0.4 is 5.32 Å². The number of amides is 1. The highest BCUT2D eigenvalue weighted by atomic mass is 16.4. The number of nitrogens with zero attached hydrogens (tertiary/aromatic N) is 1. The number of piperidine rings is 1. The summed E-state index contributed by atoms with van der Waals surface area (Å²) in [5.74, 6) is -1.30. The number of aliphatic carboxylic acids is 1. The van der Waals surface area contributed by atoms with E-state index >= 15 is 0 Å². The van der Waals surface area contributed by atoms with Crippen molar-refractivity contribution in [1.82, 2.24) is 10.2 Å². The summed E-state index contributed by atoms with van der Waals surface area (Å²) in [4.78, 5) is 27.0. The molecule has 1 amide bonds. The summed E-state index contributed by atoms with van der Waals surface area (Å²) in [6.07, 6.45) is 1.16. The smallest absolute Gasteiger partial charge is 0.330 e. The van der Waals surface area contributed by atoms with Gasteiger partial charge >= 0.3 is 5.97 Å². The van der Waals surface area contributed by atoms with E-state index in [1.54, 1.807) is 12.1 Å². The number of aryl methyl sites for hydroxylation is 2. The van der Waals surface area contributed by atoms with E-state index in [2.05, 4.69) is 10.2 Å². The first-order valence-electron chi connectivity index (χ1n) is 9.28. The fraction of sp³-hybridized carbons (Fsp3) is 0.364. The Balaban J connectivity index is 1.78. The maximum absolute atomic E-state index is 12.8. The maximum atomic E-state index is 12.8. The number of nitrogens with one attached hydrogen (secondary N) is 1. The molecular formula is C22H26N2O3. The Morgan fingerprint density at radius 2 is 1.78 bits per heavy atom. The van der Waals surface area contributed by atoms with E-state index in [4.69, 9.17) is 0 Å². The van der Waals surface area contributed by atoms with Crippen LogP contribution in [0.1, 0.15) is 39.9 Å². The van der Waals surface area contributed by atoms with E-state index in [1.807, 2.05) is 50.2 Å². The minimum absolute atomic E-state index is 0.299. The van der Waals surface area contributed by atoms with Crippen molar-refractivity contribution in [2.24, 2.45) is 0 Å². The average molecular weight is 366 g/mol. The molecule has 1 aliphatic rings. The molecule has 0 unspecified atom stereocenters. The molecule has 142 valence electrons. The summed E-state index contributed by atoms with van der Waals surface area (Å²) >= 11 is 0. The second-order valence-corrected chi connectivity index (χ2v) is 7.52. The number of carbonyl (C=O) groups excluding carboxylic acids is 1. The Hall–Kier alpha value is -2.66. The summed E-state index contributed by atoms with van der Waals surface area (Å²) in [5, 5.41) is 12.8. The highest BCUT2D eigenvalue weighted by molar-refractivity contribution is 5.98. The van der Waals surface area contributed by atoms with Gasteiger partial charge in [-0.1, -0.05) is 47.5 Å². The first-order valence-corrected chi connectivity index (χ1v) is 9.28. The standard InChI is InChI=1S/C22H26N2O3/c1-16-11-17(2)13-19(12-16)20(25)23-22(21(26)27)9-6-10-24(15-22)14-18-7-4-3-5-8-18/h3-5,7-8,11-13H,6,9-10,14-15H2,1-2H3,(H,23,25)(H,26,27)/t22-/m1/s1. The summed E-state index contributed by atoms with van der Waals surface area (Å²) in [7, 11) is 0. The van der Waals surface area contributed by atoms with Crippen molar-refractivity contribution in [2.75, 3.05) is 13.1 Å². The van der Waals surface area contributed by atoms with Gasteiger partial charge in [-0.05, 0) is 50.9 Å². The van der Waals surface area contributed by atoms with Crippen LogP contribution in [0.2, 0.25) is 0 Å². The number of hydrogen-bond acceptors (Lipinski definition) is 3. The minimum atomic E-state index is -1.26. The lowest BCUT2D eigenvalue weighted by atomic mass is 9.88. The van der Waals surface area contributed by atoms with Crippen LogP contribution in [0, 0.1) is 13.8 Å². The zero-order valence-electron chi connectivity index (χ0n) is 15.9. The Morgan fingerprint density at radius 1 is 1.11 bits per heavy atom. The molecule has 0 spiro atoms. The third-order valence-electron chi connectivity index (χ3n) is 5.07. The molecule has 0 aromatic heterocycles. The average Bonchev–Trinajstić information content (AvgIpc) is 2.62. The molecule has 1 fully saturated rings. The highest BCUT2D eigenvalue weighted by Gasteiger charge is 2.43. The zero-order valence-corrected chi connectivity index (χ0v) is 15.9. The van der Waals surface area contributed by atoms with Gasteiger partial charge in [0.25, 0.3) is 5.91 Å². The fourth-order valence-corrected chi connectivity index (χ4v) is 3.85. The SMILES string of the molecule is Cc1cc(C)cc(C(=O)N[C@]2(C(=O)O)CCCN(Cc3ccccc3)C2)c1. The van der Waals surface area contributed by atoms with Gasteiger partial charge in [0, 0.05) is 18.7 Å². The van der Waals surface area contributed by atoms with E-state index in [1.165, 1.54) is 0 Å². The number of carboxylic acid groups (broad SMARTS) is 1. The molecule has 1 heterocycles. The fourth-order valence-electron chi connectivity index (χ4n) is 3.85. The van der Waals surface area contributed by atoms with E-state index in [0.717, 1.165) is 29.7 Å². The number of likely N-dealkylation sites (tertiary alicyclic amines) is 1. The van der Waals surface area contributed by atoms with E-state index in [0.29, 0.717) is 25.1 Å². The van der Waals surface area contributed by atoms with Crippen molar-refractivity contribution in [1.29, 1.82) is 0 Å². The number of benzene rings is 2. The third-order valence-corrected chi connectivity index (χ3v) is 5.07. The van der Waals surface area contributed by atoms with E-state index in [-0.39, 0.29) is 5.91 Å². The predicted molar refractivity (Wildman–Crippen MR) is 105 cm³/mol. The van der Waals surface area contributed by atoms with Crippen molar-refractivity contribution in [3.05, 3.63) is 70.8 Å². The van der Waals surface area contributed by atoms with Gasteiger partial charge in [-0.3, -0.25) is 9.69 Å². The summed E-state index contributed by atoms with van der Waals surface area (Å²) in [6, 6.07) is 15.6. The van der Waals surface area contributed by atoms with Crippen LogP contribution in [0.3, 0.4) is 0 Å². The highest BCUT2D eigenvalue weighted by Crippen LogP contribution is 2.24. The Morgan fingerprint density at radius 3 is 2.41 bits per heavy atom. The first-order chi connectivity index (χ1) is 12.9. The minimum Gasteiger partial charge on any atom is -0.479 e. The summed E-state index contributed by atoms with van der Waals surface area (Å²) in [5.41, 5.74) is 2.35. The molecule has 2 aromatic rings. The lowest BCUT2D eigenvalue weighted by Gasteiger charge is -2.40. The molecule has 27 heavy (non-hydrogen) atoms.